The van der Waals surface area contributed by atoms with Crippen molar-refractivity contribution in [3.8, 4) is 6.07 Å². The average Bonchev–Trinajstić information content (AvgIpc) is 3.11. The molecule has 4 aromatic rings. The Balaban J connectivity index is 1.75. The Hall–Kier alpha value is -6.67. The van der Waals surface area contributed by atoms with Crippen LogP contribution in [-0.2, 0) is 19.1 Å². The molecule has 11 nitrogen and oxygen atoms in total. The lowest BCUT2D eigenvalue weighted by Crippen LogP contribution is -2.41. The van der Waals surface area contributed by atoms with Crippen molar-refractivity contribution < 1.29 is 28.7 Å². The van der Waals surface area contributed by atoms with Crippen LogP contribution < -0.4 is 21.3 Å². The van der Waals surface area contributed by atoms with Crippen molar-refractivity contribution in [1.82, 2.24) is 0 Å². The van der Waals surface area contributed by atoms with Gasteiger partial charge in [-0.2, -0.15) is 5.26 Å². The first-order valence-corrected chi connectivity index (χ1v) is 14.3. The van der Waals surface area contributed by atoms with Crippen molar-refractivity contribution in [3.63, 3.8) is 0 Å². The maximum atomic E-state index is 13.6. The largest absolute Gasteiger partial charge is 0.466 e. The van der Waals surface area contributed by atoms with E-state index in [1.165, 1.54) is 18.2 Å². The maximum absolute atomic E-state index is 13.6. The Kier molecular flexibility index (Phi) is 9.43. The van der Waals surface area contributed by atoms with Gasteiger partial charge in [-0.25, -0.2) is 9.59 Å². The number of allylic oxidation sites excluding steroid dienone is 1. The molecule has 0 aliphatic carbocycles. The van der Waals surface area contributed by atoms with Crippen LogP contribution in [-0.4, -0.2) is 38.0 Å². The summed E-state index contributed by atoms with van der Waals surface area (Å²) in [5.74, 6) is -4.35. The number of nitrogens with one attached hydrogen (secondary N) is 2. The van der Waals surface area contributed by atoms with Crippen molar-refractivity contribution in [2.24, 2.45) is 5.73 Å². The molecule has 11 heteroatoms. The predicted octanol–water partition coefficient (Wildman–Crippen LogP) is 5.09. The highest BCUT2D eigenvalue weighted by molar-refractivity contribution is 6.11. The summed E-state index contributed by atoms with van der Waals surface area (Å²) >= 11 is 0. The molecule has 2 amide bonds. The van der Waals surface area contributed by atoms with Gasteiger partial charge in [0, 0.05) is 28.2 Å². The third-order valence-electron chi connectivity index (χ3n) is 7.37. The van der Waals surface area contributed by atoms with E-state index in [0.717, 1.165) is 19.1 Å². The molecular formula is C36H29N5O6. The van der Waals surface area contributed by atoms with E-state index in [4.69, 9.17) is 15.2 Å². The number of anilines is 3. The number of carbonyl (C=O) groups is 4. The summed E-state index contributed by atoms with van der Waals surface area (Å²) in [6, 6.07) is 32.2. The molecule has 0 aromatic heterocycles. The molecule has 1 aliphatic heterocycles. The number of carbonyl (C=O) groups excluding carboxylic acids is 4. The van der Waals surface area contributed by atoms with E-state index >= 15 is 0 Å². The number of amides is 2. The number of esters is 2. The lowest BCUT2D eigenvalue weighted by molar-refractivity contribution is -0.139. The Morgan fingerprint density at radius 2 is 1.19 bits per heavy atom. The van der Waals surface area contributed by atoms with E-state index in [1.54, 1.807) is 91.0 Å². The highest BCUT2D eigenvalue weighted by Gasteiger charge is 2.43. The fraction of sp³-hybridized carbons (Fsp3) is 0.0833. The molecule has 47 heavy (non-hydrogen) atoms. The highest BCUT2D eigenvalue weighted by Crippen LogP contribution is 2.43. The van der Waals surface area contributed by atoms with Crippen LogP contribution in [0.3, 0.4) is 0 Å². The zero-order chi connectivity index (χ0) is 33.5. The number of nitrogens with zero attached hydrogens (tertiary/aromatic N) is 2. The molecule has 234 valence electrons. The summed E-state index contributed by atoms with van der Waals surface area (Å²) in [6.07, 6.45) is 0. The number of nitriles is 1. The van der Waals surface area contributed by atoms with E-state index in [9.17, 15) is 24.4 Å². The molecule has 0 bridgehead atoms. The maximum Gasteiger partial charge on any atom is 0.355 e. The summed E-state index contributed by atoms with van der Waals surface area (Å²) in [5, 5.41) is 16.0. The second-order valence-corrected chi connectivity index (χ2v) is 10.2. The molecule has 0 saturated heterocycles. The van der Waals surface area contributed by atoms with Gasteiger partial charge in [-0.15, -0.1) is 0 Å². The predicted molar refractivity (Wildman–Crippen MR) is 175 cm³/mol. The van der Waals surface area contributed by atoms with E-state index in [-0.39, 0.29) is 39.5 Å². The zero-order valence-electron chi connectivity index (χ0n) is 25.4. The summed E-state index contributed by atoms with van der Waals surface area (Å²) in [6.45, 7) is 0. The monoisotopic (exact) mass is 627 g/mol. The highest BCUT2D eigenvalue weighted by atomic mass is 16.5. The van der Waals surface area contributed by atoms with Crippen molar-refractivity contribution in [2.45, 2.75) is 5.92 Å². The molecular weight excluding hydrogens is 598 g/mol. The Bertz CT molecular complexity index is 1880. The van der Waals surface area contributed by atoms with Crippen LogP contribution in [0.15, 0.2) is 132 Å². The van der Waals surface area contributed by atoms with E-state index < -0.39 is 29.7 Å². The fourth-order valence-electron chi connectivity index (χ4n) is 5.23. The topological polar surface area (TPSA) is 164 Å². The third kappa shape index (κ3) is 6.57. The third-order valence-corrected chi connectivity index (χ3v) is 7.37. The number of benzene rings is 4. The van der Waals surface area contributed by atoms with Gasteiger partial charge < -0.3 is 25.8 Å². The normalized spacial score (nSPS) is 14.1. The van der Waals surface area contributed by atoms with Gasteiger partial charge in [-0.3, -0.25) is 14.5 Å². The minimum Gasteiger partial charge on any atom is -0.466 e. The molecule has 1 unspecified atom stereocenters. The smallest absolute Gasteiger partial charge is 0.355 e. The molecule has 0 radical (unpaired) electrons. The lowest BCUT2D eigenvalue weighted by Gasteiger charge is -2.36. The number of ether oxygens (including phenoxy) is 2. The molecule has 1 atom stereocenters. The van der Waals surface area contributed by atoms with E-state index in [0.29, 0.717) is 16.9 Å². The number of para-hydroxylation sites is 2. The Labute approximate surface area is 270 Å². The second-order valence-electron chi connectivity index (χ2n) is 10.2. The van der Waals surface area contributed by atoms with Gasteiger partial charge >= 0.3 is 11.9 Å². The van der Waals surface area contributed by atoms with Gasteiger partial charge in [0.1, 0.15) is 11.5 Å². The van der Waals surface area contributed by atoms with Gasteiger partial charge in [-0.1, -0.05) is 66.7 Å². The first-order chi connectivity index (χ1) is 22.8. The molecule has 0 saturated carbocycles. The average molecular weight is 628 g/mol. The van der Waals surface area contributed by atoms with E-state index in [1.807, 2.05) is 0 Å². The Morgan fingerprint density at radius 1 is 0.723 bits per heavy atom. The van der Waals surface area contributed by atoms with Crippen molar-refractivity contribution in [3.05, 3.63) is 149 Å². The van der Waals surface area contributed by atoms with Crippen molar-refractivity contribution in [1.29, 1.82) is 5.26 Å². The van der Waals surface area contributed by atoms with Crippen molar-refractivity contribution >= 4 is 40.8 Å². The van der Waals surface area contributed by atoms with Crippen LogP contribution in [0.5, 0.6) is 0 Å². The van der Waals surface area contributed by atoms with E-state index in [2.05, 4.69) is 16.7 Å². The summed E-state index contributed by atoms with van der Waals surface area (Å²) in [4.78, 5) is 55.3. The number of hydrogen-bond donors (Lipinski definition) is 3. The fourth-order valence-corrected chi connectivity index (χ4v) is 5.23. The van der Waals surface area contributed by atoms with Gasteiger partial charge in [0.15, 0.2) is 0 Å². The van der Waals surface area contributed by atoms with Gasteiger partial charge in [0.25, 0.3) is 11.8 Å². The molecule has 1 aliphatic rings. The van der Waals surface area contributed by atoms with Crippen LogP contribution in [0.1, 0.15) is 32.2 Å². The Morgan fingerprint density at radius 3 is 1.64 bits per heavy atom. The molecule has 0 spiro atoms. The van der Waals surface area contributed by atoms with Crippen LogP contribution in [0.2, 0.25) is 0 Å². The van der Waals surface area contributed by atoms with Crippen LogP contribution >= 0.6 is 0 Å². The molecule has 5 rings (SSSR count). The summed E-state index contributed by atoms with van der Waals surface area (Å²) < 4.78 is 10.2. The quantitative estimate of drug-likeness (QED) is 0.226. The molecule has 0 fully saturated rings. The molecule has 4 aromatic carbocycles. The van der Waals surface area contributed by atoms with Crippen LogP contribution in [0.25, 0.3) is 0 Å². The zero-order valence-corrected chi connectivity index (χ0v) is 25.4. The van der Waals surface area contributed by atoms with Gasteiger partial charge in [-0.05, 0) is 48.0 Å². The first kappa shape index (κ1) is 31.7. The minimum absolute atomic E-state index is 0.0184. The van der Waals surface area contributed by atoms with Gasteiger partial charge in [0.05, 0.1) is 37.4 Å². The number of rotatable bonds is 8. The van der Waals surface area contributed by atoms with Crippen LogP contribution in [0.4, 0.5) is 17.1 Å². The molecule has 4 N–H and O–H groups in total. The minimum atomic E-state index is -1.09. The standard InChI is InChI=1S/C36H29N5O6/c1-46-35(44)30-29(22-12-6-3-7-13-22)28(21-37)32(38)41(31(30)36(45)47-2)27-19-23(33(42)39-25-14-8-4-9-15-25)18-24(20-27)34(43)40-26-16-10-5-11-17-26/h3-20,29H,38H2,1-2H3,(H,39,42)(H,40,43). The summed E-state index contributed by atoms with van der Waals surface area (Å²) in [7, 11) is 2.27. The van der Waals surface area contributed by atoms with Gasteiger partial charge in [0.2, 0.25) is 0 Å². The second kappa shape index (κ2) is 14.0. The SMILES string of the molecule is COC(=O)C1=C(C(=O)OC)N(c2cc(C(=O)Nc3ccccc3)cc(C(=O)Nc3ccccc3)c2)C(N)=C(C#N)C1c1ccccc1. The number of hydrogen-bond acceptors (Lipinski definition) is 9. The number of methoxy groups -OCH3 is 2. The lowest BCUT2D eigenvalue weighted by atomic mass is 9.81. The first-order valence-electron chi connectivity index (χ1n) is 14.3. The summed E-state index contributed by atoms with van der Waals surface area (Å²) in [5.41, 5.74) is 7.59. The number of nitrogens with two attached hydrogens (primary N) is 1. The molecule has 1 heterocycles. The van der Waals surface area contributed by atoms with Crippen LogP contribution in [0, 0.1) is 11.3 Å². The van der Waals surface area contributed by atoms with Crippen molar-refractivity contribution in [2.75, 3.05) is 29.8 Å².